The Hall–Kier alpha value is -1.85. The fourth-order valence-electron chi connectivity index (χ4n) is 1.11. The normalized spacial score (nSPS) is 11.7. The van der Waals surface area contributed by atoms with E-state index in [1.165, 1.54) is 29.2 Å². The highest BCUT2D eigenvalue weighted by atomic mass is 19.4. The Labute approximate surface area is 83.2 Å². The molecule has 2 rings (SSSR count). The van der Waals surface area contributed by atoms with Gasteiger partial charge in [-0.2, -0.15) is 18.3 Å². The van der Waals surface area contributed by atoms with E-state index in [9.17, 15) is 13.2 Å². The van der Waals surface area contributed by atoms with Crippen molar-refractivity contribution in [2.45, 2.75) is 6.18 Å². The molecule has 15 heavy (non-hydrogen) atoms. The Balaban J connectivity index is 2.44. The molecule has 0 fully saturated rings. The molecule has 0 atom stereocenters. The molecule has 0 spiro atoms. The quantitative estimate of drug-likeness (QED) is 0.727. The summed E-state index contributed by atoms with van der Waals surface area (Å²) in [5, 5.41) is 3.80. The van der Waals surface area contributed by atoms with Crippen molar-refractivity contribution < 1.29 is 13.2 Å². The average Bonchev–Trinajstić information content (AvgIpc) is 2.69. The van der Waals surface area contributed by atoms with Gasteiger partial charge in [0.15, 0.2) is 5.82 Å². The van der Waals surface area contributed by atoms with E-state index in [0.29, 0.717) is 0 Å². The molecule has 0 aliphatic rings. The molecule has 78 valence electrons. The minimum Gasteiger partial charge on any atom is -0.224 e. The number of hydrogen-bond donors (Lipinski definition) is 0. The molecule has 0 unspecified atom stereocenters. The minimum absolute atomic E-state index is 0.148. The third-order valence-electron chi connectivity index (χ3n) is 1.76. The van der Waals surface area contributed by atoms with Crippen molar-refractivity contribution in [1.82, 2.24) is 14.8 Å². The lowest BCUT2D eigenvalue weighted by Gasteiger charge is -2.07. The number of halogens is 3. The maximum Gasteiger partial charge on any atom is 0.433 e. The smallest absolute Gasteiger partial charge is 0.224 e. The molecule has 3 nitrogen and oxygen atoms in total. The van der Waals surface area contributed by atoms with Gasteiger partial charge in [-0.25, -0.2) is 9.67 Å². The molecule has 0 amide bonds. The third kappa shape index (κ3) is 1.98. The van der Waals surface area contributed by atoms with E-state index >= 15 is 0 Å². The number of pyridine rings is 1. The second-order valence-corrected chi connectivity index (χ2v) is 2.83. The van der Waals surface area contributed by atoms with Crippen LogP contribution in [0.1, 0.15) is 5.69 Å². The Morgan fingerprint density at radius 2 is 1.93 bits per heavy atom. The van der Waals surface area contributed by atoms with Crippen LogP contribution >= 0.6 is 0 Å². The van der Waals surface area contributed by atoms with Crippen LogP contribution in [0.3, 0.4) is 0 Å². The summed E-state index contributed by atoms with van der Waals surface area (Å²) < 4.78 is 38.2. The van der Waals surface area contributed by atoms with E-state index in [-0.39, 0.29) is 5.82 Å². The summed E-state index contributed by atoms with van der Waals surface area (Å²) in [6.45, 7) is 0. The van der Waals surface area contributed by atoms with Gasteiger partial charge in [0, 0.05) is 12.4 Å². The molecule has 6 heteroatoms. The molecule has 0 aliphatic heterocycles. The summed E-state index contributed by atoms with van der Waals surface area (Å²) in [6, 6.07) is 5.30. The minimum atomic E-state index is -4.43. The number of rotatable bonds is 1. The van der Waals surface area contributed by atoms with Crippen molar-refractivity contribution in [2.24, 2.45) is 0 Å². The van der Waals surface area contributed by atoms with Gasteiger partial charge >= 0.3 is 6.18 Å². The molecule has 2 aromatic heterocycles. The summed E-state index contributed by atoms with van der Waals surface area (Å²) in [4.78, 5) is 3.46. The SMILES string of the molecule is FC(F)(F)c1cccc(-n2cccn2)n1. The standard InChI is InChI=1S/C9H6F3N3/c10-9(11,12)7-3-1-4-8(14-7)15-6-2-5-13-15/h1-6H. The molecule has 0 N–H and O–H groups in total. The Morgan fingerprint density at radius 3 is 2.53 bits per heavy atom. The average molecular weight is 213 g/mol. The van der Waals surface area contributed by atoms with Crippen LogP contribution in [0, 0.1) is 0 Å². The summed E-state index contributed by atoms with van der Waals surface area (Å²) in [6.07, 6.45) is -1.42. The highest BCUT2D eigenvalue weighted by Crippen LogP contribution is 2.27. The van der Waals surface area contributed by atoms with Gasteiger partial charge in [-0.1, -0.05) is 6.07 Å². The van der Waals surface area contributed by atoms with Crippen molar-refractivity contribution in [3.05, 3.63) is 42.4 Å². The van der Waals surface area contributed by atoms with Crippen LogP contribution in [0.5, 0.6) is 0 Å². The van der Waals surface area contributed by atoms with Crippen molar-refractivity contribution in [1.29, 1.82) is 0 Å². The maximum atomic E-state index is 12.3. The zero-order valence-electron chi connectivity index (χ0n) is 7.44. The Morgan fingerprint density at radius 1 is 1.13 bits per heavy atom. The van der Waals surface area contributed by atoms with Gasteiger partial charge in [-0.3, -0.25) is 0 Å². The fourth-order valence-corrected chi connectivity index (χ4v) is 1.11. The van der Waals surface area contributed by atoms with Crippen LogP contribution in [0.15, 0.2) is 36.7 Å². The van der Waals surface area contributed by atoms with E-state index < -0.39 is 11.9 Å². The molecule has 0 bridgehead atoms. The van der Waals surface area contributed by atoms with Crippen LogP contribution in [0.2, 0.25) is 0 Å². The third-order valence-corrected chi connectivity index (χ3v) is 1.76. The van der Waals surface area contributed by atoms with Crippen LogP contribution in [0.25, 0.3) is 5.82 Å². The molecule has 0 aromatic carbocycles. The molecule has 0 radical (unpaired) electrons. The van der Waals surface area contributed by atoms with Crippen LogP contribution in [-0.2, 0) is 6.18 Å². The summed E-state index contributed by atoms with van der Waals surface area (Å²) in [5.74, 6) is 0.148. The second kappa shape index (κ2) is 3.38. The first-order valence-corrected chi connectivity index (χ1v) is 4.11. The summed E-state index contributed by atoms with van der Waals surface area (Å²) in [5.41, 5.74) is -0.921. The van der Waals surface area contributed by atoms with Gasteiger partial charge in [0.1, 0.15) is 5.69 Å². The van der Waals surface area contributed by atoms with E-state index in [1.807, 2.05) is 0 Å². The molecule has 2 heterocycles. The molecule has 2 aromatic rings. The van der Waals surface area contributed by atoms with Crippen LogP contribution < -0.4 is 0 Å². The number of nitrogens with zero attached hydrogens (tertiary/aromatic N) is 3. The highest BCUT2D eigenvalue weighted by molar-refractivity contribution is 5.24. The zero-order valence-corrected chi connectivity index (χ0v) is 7.44. The second-order valence-electron chi connectivity index (χ2n) is 2.83. The molecule has 0 saturated carbocycles. The first kappa shape index (κ1) is 9.70. The first-order chi connectivity index (χ1) is 7.07. The molecular formula is C9H6F3N3. The number of aromatic nitrogens is 3. The van der Waals surface area contributed by atoms with E-state index in [2.05, 4.69) is 10.1 Å². The Kier molecular flexibility index (Phi) is 2.18. The van der Waals surface area contributed by atoms with Gasteiger partial charge in [0.2, 0.25) is 0 Å². The van der Waals surface area contributed by atoms with Gasteiger partial charge in [-0.05, 0) is 18.2 Å². The fraction of sp³-hybridized carbons (Fsp3) is 0.111. The van der Waals surface area contributed by atoms with E-state index in [0.717, 1.165) is 6.07 Å². The van der Waals surface area contributed by atoms with Crippen molar-refractivity contribution in [3.8, 4) is 5.82 Å². The Bertz CT molecular complexity index is 448. The predicted octanol–water partition coefficient (Wildman–Crippen LogP) is 2.29. The number of hydrogen-bond acceptors (Lipinski definition) is 2. The predicted molar refractivity (Wildman–Crippen MR) is 46.4 cm³/mol. The lowest BCUT2D eigenvalue weighted by Crippen LogP contribution is -2.10. The largest absolute Gasteiger partial charge is 0.433 e. The number of alkyl halides is 3. The monoisotopic (exact) mass is 213 g/mol. The van der Waals surface area contributed by atoms with Crippen molar-refractivity contribution in [2.75, 3.05) is 0 Å². The first-order valence-electron chi connectivity index (χ1n) is 4.11. The van der Waals surface area contributed by atoms with Crippen molar-refractivity contribution >= 4 is 0 Å². The van der Waals surface area contributed by atoms with Crippen LogP contribution in [-0.4, -0.2) is 14.8 Å². The van der Waals surface area contributed by atoms with Gasteiger partial charge in [0.25, 0.3) is 0 Å². The molecule has 0 aliphatic carbocycles. The van der Waals surface area contributed by atoms with E-state index in [1.54, 1.807) is 6.07 Å². The lowest BCUT2D eigenvalue weighted by atomic mass is 10.3. The van der Waals surface area contributed by atoms with Gasteiger partial charge in [-0.15, -0.1) is 0 Å². The van der Waals surface area contributed by atoms with Crippen molar-refractivity contribution in [3.63, 3.8) is 0 Å². The van der Waals surface area contributed by atoms with E-state index in [4.69, 9.17) is 0 Å². The summed E-state index contributed by atoms with van der Waals surface area (Å²) >= 11 is 0. The topological polar surface area (TPSA) is 30.7 Å². The summed E-state index contributed by atoms with van der Waals surface area (Å²) in [7, 11) is 0. The lowest BCUT2D eigenvalue weighted by molar-refractivity contribution is -0.141. The van der Waals surface area contributed by atoms with Crippen LogP contribution in [0.4, 0.5) is 13.2 Å². The maximum absolute atomic E-state index is 12.3. The zero-order chi connectivity index (χ0) is 10.9. The highest BCUT2D eigenvalue weighted by Gasteiger charge is 2.32. The molecule has 0 saturated heterocycles. The van der Waals surface area contributed by atoms with Gasteiger partial charge < -0.3 is 0 Å². The molecular weight excluding hydrogens is 207 g/mol. The van der Waals surface area contributed by atoms with Gasteiger partial charge in [0.05, 0.1) is 0 Å².